The highest BCUT2D eigenvalue weighted by Gasteiger charge is 2.50. The molecule has 0 spiro atoms. The minimum atomic E-state index is -5.60. The third kappa shape index (κ3) is 15.0. The van der Waals surface area contributed by atoms with Gasteiger partial charge >= 0.3 is 23.5 Å². The number of phosphoric acid groups is 3. The minimum absolute atomic E-state index is 0.0200. The van der Waals surface area contributed by atoms with E-state index in [1.165, 1.54) is 19.9 Å². The van der Waals surface area contributed by atoms with Crippen LogP contribution >= 0.6 is 35.2 Å². The van der Waals surface area contributed by atoms with Gasteiger partial charge in [-0.05, 0) is 24.5 Å². The van der Waals surface area contributed by atoms with Gasteiger partial charge in [-0.25, -0.2) is 28.6 Å². The van der Waals surface area contributed by atoms with Crippen molar-refractivity contribution in [2.45, 2.75) is 83.5 Å². The number of ether oxygens (including phenoxy) is 1. The number of unbranched alkanes of at least 4 members (excludes halogenated alkanes) is 2. The fourth-order valence-corrected chi connectivity index (χ4v) is 9.61. The number of anilines is 1. The van der Waals surface area contributed by atoms with Crippen LogP contribution < -0.4 is 16.4 Å². The summed E-state index contributed by atoms with van der Waals surface area (Å²) in [5.41, 5.74) is 4.81. The highest BCUT2D eigenvalue weighted by Crippen LogP contribution is 2.61. The van der Waals surface area contributed by atoms with E-state index in [1.807, 2.05) is 6.92 Å². The van der Waals surface area contributed by atoms with Crippen LogP contribution in [0.5, 0.6) is 11.5 Å². The summed E-state index contributed by atoms with van der Waals surface area (Å²) in [6.07, 6.45) is -4.04. The van der Waals surface area contributed by atoms with Crippen molar-refractivity contribution < 1.29 is 90.7 Å². The molecule has 63 heavy (non-hydrogen) atoms. The zero-order valence-corrected chi connectivity index (χ0v) is 37.5. The number of amides is 2. The van der Waals surface area contributed by atoms with Crippen LogP contribution in [0, 0.1) is 5.41 Å². The molecule has 0 saturated carbocycles. The van der Waals surface area contributed by atoms with Gasteiger partial charge in [-0.1, -0.05) is 45.4 Å². The number of phenols is 2. The standard InChI is InChI=1S/C33H50N7O19P3S/c1-4-5-6-7-18-12-19(41)13-20(42)23(18)32(47)63-11-10-35-22(43)8-9-36-30(46)27(45)33(2,3)15-56-62(53,54)59-61(51,52)55-14-21-26(58-60(48,49)50)25(44)31(57-21)40-17-39-24-28(34)37-16-38-29(24)40/h12-13,16-17,21,25-27,31,41-42,44-45H,4-11,14-15H2,1-3H3,(H,35,43)(H,36,46)(H,51,52)(H,53,54)(H2,34,37,38)(H2,48,49,50). The number of aromatic nitrogens is 4. The molecule has 0 aliphatic carbocycles. The van der Waals surface area contributed by atoms with Gasteiger partial charge in [0.05, 0.1) is 25.1 Å². The van der Waals surface area contributed by atoms with Crippen LogP contribution in [0.25, 0.3) is 11.2 Å². The molecule has 2 amide bonds. The average molecular weight is 974 g/mol. The second-order valence-corrected chi connectivity index (χ2v) is 20.0. The molecule has 7 atom stereocenters. The third-order valence-electron chi connectivity index (χ3n) is 9.17. The molecule has 30 heteroatoms. The SMILES string of the molecule is CCCCCc1cc(O)cc(O)c1C(=O)SCCNC(=O)CCNC(=O)C(O)C(C)(C)COP(=O)(O)OP(=O)(O)OCC1OC(n2cnc3c(N)ncnc32)C(O)C1OP(=O)(O)O. The van der Waals surface area contributed by atoms with Crippen molar-refractivity contribution in [3.05, 3.63) is 35.9 Å². The number of nitrogens with zero attached hydrogens (tertiary/aromatic N) is 4. The molecule has 4 rings (SSSR count). The predicted molar refractivity (Wildman–Crippen MR) is 219 cm³/mol. The lowest BCUT2D eigenvalue weighted by molar-refractivity contribution is -0.137. The topological polar surface area (TPSA) is 404 Å². The Kier molecular flexibility index (Phi) is 18.2. The zero-order chi connectivity index (χ0) is 46.9. The Labute approximate surface area is 363 Å². The lowest BCUT2D eigenvalue weighted by Gasteiger charge is -2.30. The Bertz CT molecular complexity index is 2250. The van der Waals surface area contributed by atoms with Gasteiger partial charge in [-0.3, -0.25) is 32.5 Å². The molecule has 1 aliphatic rings. The second kappa shape index (κ2) is 22.0. The largest absolute Gasteiger partial charge is 0.508 e. The number of rotatable bonds is 24. The first-order chi connectivity index (χ1) is 29.3. The van der Waals surface area contributed by atoms with Crippen LogP contribution in [-0.2, 0) is 52.3 Å². The van der Waals surface area contributed by atoms with E-state index in [4.69, 9.17) is 19.5 Å². The quantitative estimate of drug-likeness (QED) is 0.0442. The molecular formula is C33H50N7O19P3S. The van der Waals surface area contributed by atoms with Gasteiger partial charge in [0.2, 0.25) is 16.9 Å². The fourth-order valence-electron chi connectivity index (χ4n) is 6.01. The van der Waals surface area contributed by atoms with Crippen molar-refractivity contribution >= 4 is 69.1 Å². The van der Waals surface area contributed by atoms with Crippen molar-refractivity contribution in [3.8, 4) is 11.5 Å². The van der Waals surface area contributed by atoms with Crippen molar-refractivity contribution in [3.63, 3.8) is 0 Å². The first kappa shape index (κ1) is 52.0. The van der Waals surface area contributed by atoms with E-state index >= 15 is 0 Å². The van der Waals surface area contributed by atoms with Gasteiger partial charge < -0.3 is 61.1 Å². The Hall–Kier alpha value is -3.62. The number of aryl methyl sites for hydroxylation is 1. The summed E-state index contributed by atoms with van der Waals surface area (Å²) in [5, 5.41) is 46.2. The molecular weight excluding hydrogens is 923 g/mol. The van der Waals surface area contributed by atoms with Crippen LogP contribution in [0.3, 0.4) is 0 Å². The van der Waals surface area contributed by atoms with Crippen molar-refractivity contribution in [1.82, 2.24) is 30.2 Å². The lowest BCUT2D eigenvalue weighted by Crippen LogP contribution is -2.46. The summed E-state index contributed by atoms with van der Waals surface area (Å²) in [6.45, 7) is 2.20. The van der Waals surface area contributed by atoms with E-state index in [9.17, 15) is 68.1 Å². The number of carbonyl (C=O) groups is 3. The maximum atomic E-state index is 12.9. The van der Waals surface area contributed by atoms with Crippen molar-refractivity contribution in [1.29, 1.82) is 0 Å². The van der Waals surface area contributed by atoms with E-state index in [0.717, 1.165) is 54.3 Å². The van der Waals surface area contributed by atoms with Crippen LogP contribution in [-0.4, -0.2) is 133 Å². The molecule has 1 saturated heterocycles. The summed E-state index contributed by atoms with van der Waals surface area (Å²) < 4.78 is 62.3. The molecule has 0 radical (unpaired) electrons. The van der Waals surface area contributed by atoms with Gasteiger partial charge in [-0.15, -0.1) is 0 Å². The number of carbonyl (C=O) groups excluding carboxylic acids is 3. The number of nitrogens with one attached hydrogen (secondary N) is 2. The number of fused-ring (bicyclic) bond motifs is 1. The van der Waals surface area contributed by atoms with Crippen LogP contribution in [0.1, 0.15) is 68.6 Å². The molecule has 1 fully saturated rings. The normalized spacial score (nSPS) is 20.5. The van der Waals surface area contributed by atoms with E-state index in [2.05, 4.69) is 34.4 Å². The summed E-state index contributed by atoms with van der Waals surface area (Å²) in [4.78, 5) is 89.0. The molecule has 0 bridgehead atoms. The molecule has 352 valence electrons. The maximum absolute atomic E-state index is 12.9. The molecule has 3 heterocycles. The zero-order valence-electron chi connectivity index (χ0n) is 34.0. The van der Waals surface area contributed by atoms with Crippen molar-refractivity contribution in [2.24, 2.45) is 5.41 Å². The number of thioether (sulfide) groups is 1. The smallest absolute Gasteiger partial charge is 0.481 e. The van der Waals surface area contributed by atoms with Gasteiger partial charge in [0.15, 0.2) is 17.7 Å². The molecule has 3 aromatic rings. The lowest BCUT2D eigenvalue weighted by atomic mass is 9.87. The van der Waals surface area contributed by atoms with Crippen LogP contribution in [0.2, 0.25) is 0 Å². The number of aliphatic hydroxyl groups excluding tert-OH is 2. The summed E-state index contributed by atoms with van der Waals surface area (Å²) in [7, 11) is -16.5. The average Bonchev–Trinajstić information content (AvgIpc) is 3.74. The number of nitrogens with two attached hydrogens (primary N) is 1. The monoisotopic (exact) mass is 973 g/mol. The van der Waals surface area contributed by atoms with Gasteiger partial charge in [0.1, 0.15) is 47.8 Å². The number of phosphoric ester groups is 3. The van der Waals surface area contributed by atoms with Gasteiger partial charge in [0.25, 0.3) is 0 Å². The number of imidazole rings is 1. The Morgan fingerprint density at radius 1 is 1.02 bits per heavy atom. The van der Waals surface area contributed by atoms with E-state index in [0.29, 0.717) is 12.0 Å². The molecule has 26 nitrogen and oxygen atoms in total. The van der Waals surface area contributed by atoms with Crippen LogP contribution in [0.15, 0.2) is 24.8 Å². The summed E-state index contributed by atoms with van der Waals surface area (Å²) in [5.74, 6) is -1.96. The number of hydrogen-bond acceptors (Lipinski definition) is 20. The Morgan fingerprint density at radius 2 is 1.71 bits per heavy atom. The second-order valence-electron chi connectivity index (χ2n) is 14.7. The van der Waals surface area contributed by atoms with E-state index in [-0.39, 0.29) is 59.3 Å². The summed E-state index contributed by atoms with van der Waals surface area (Å²) in [6, 6.07) is 2.52. The third-order valence-corrected chi connectivity index (χ3v) is 13.1. The minimum Gasteiger partial charge on any atom is -0.508 e. The Balaban J connectivity index is 1.21. The van der Waals surface area contributed by atoms with Crippen molar-refractivity contribution in [2.75, 3.05) is 37.8 Å². The maximum Gasteiger partial charge on any atom is 0.481 e. The first-order valence-electron chi connectivity index (χ1n) is 19.0. The first-order valence-corrected chi connectivity index (χ1v) is 24.5. The van der Waals surface area contributed by atoms with Crippen LogP contribution in [0.4, 0.5) is 5.82 Å². The number of phenolic OH excluding ortho intramolecular Hbond substituents is 2. The highest BCUT2D eigenvalue weighted by atomic mass is 32.2. The fraction of sp³-hybridized carbons (Fsp3) is 0.576. The van der Waals surface area contributed by atoms with Gasteiger partial charge in [0, 0.05) is 36.7 Å². The van der Waals surface area contributed by atoms with Gasteiger partial charge in [-0.2, -0.15) is 4.31 Å². The summed E-state index contributed by atoms with van der Waals surface area (Å²) >= 11 is 0.855. The predicted octanol–water partition coefficient (Wildman–Crippen LogP) is 1.12. The number of nitrogen functional groups attached to an aromatic ring is 1. The highest BCUT2D eigenvalue weighted by molar-refractivity contribution is 8.14. The molecule has 1 aromatic carbocycles. The number of aromatic hydroxyl groups is 2. The number of aliphatic hydroxyl groups is 2. The Morgan fingerprint density at radius 3 is 2.40 bits per heavy atom. The number of benzene rings is 1. The number of hydrogen-bond donors (Lipinski definition) is 11. The molecule has 2 aromatic heterocycles. The van der Waals surface area contributed by atoms with E-state index < -0.39 is 89.7 Å². The molecule has 7 unspecified atom stereocenters. The molecule has 12 N–H and O–H groups in total. The van der Waals surface area contributed by atoms with E-state index in [1.54, 1.807) is 0 Å². The molecule has 1 aliphatic heterocycles.